The topological polar surface area (TPSA) is 50.2 Å². The molecule has 0 unspecified atom stereocenters. The Morgan fingerprint density at radius 1 is 1.22 bits per heavy atom. The molecule has 18 heavy (non-hydrogen) atoms. The molecule has 92 valence electrons. The van der Waals surface area contributed by atoms with Crippen molar-refractivity contribution in [3.05, 3.63) is 53.2 Å². The summed E-state index contributed by atoms with van der Waals surface area (Å²) in [5.41, 5.74) is 0.788. The Balaban J connectivity index is 2.06. The van der Waals surface area contributed by atoms with Crippen molar-refractivity contribution in [2.45, 2.75) is 16.3 Å². The summed E-state index contributed by atoms with van der Waals surface area (Å²) < 4.78 is 0. The Labute approximate surface area is 114 Å². The van der Waals surface area contributed by atoms with Crippen LogP contribution in [0, 0.1) is 0 Å². The van der Waals surface area contributed by atoms with Crippen LogP contribution in [0.5, 0.6) is 0 Å². The first-order valence-corrected chi connectivity index (χ1v) is 6.43. The first-order chi connectivity index (χ1) is 8.63. The van der Waals surface area contributed by atoms with Gasteiger partial charge >= 0.3 is 5.97 Å². The molecule has 0 fully saturated rings. The van der Waals surface area contributed by atoms with Crippen molar-refractivity contribution in [1.82, 2.24) is 4.98 Å². The molecule has 2 rings (SSSR count). The maximum atomic E-state index is 10.5. The molecule has 1 aromatic heterocycles. The normalized spacial score (nSPS) is 10.3. The zero-order chi connectivity index (χ0) is 13.0. The highest BCUT2D eigenvalue weighted by atomic mass is 35.5. The van der Waals surface area contributed by atoms with Crippen LogP contribution in [0.4, 0.5) is 0 Å². The van der Waals surface area contributed by atoms with Crippen LogP contribution in [0.15, 0.2) is 52.5 Å². The Bertz CT molecular complexity index is 540. The van der Waals surface area contributed by atoms with E-state index in [0.717, 1.165) is 15.5 Å². The van der Waals surface area contributed by atoms with Gasteiger partial charge in [0.1, 0.15) is 5.03 Å². The molecule has 0 amide bonds. The molecule has 2 aromatic rings. The average molecular weight is 280 g/mol. The fourth-order valence-corrected chi connectivity index (χ4v) is 2.26. The number of aliphatic carboxylic acids is 1. The number of carboxylic acid groups (broad SMARTS) is 1. The number of carboxylic acids is 1. The van der Waals surface area contributed by atoms with E-state index >= 15 is 0 Å². The summed E-state index contributed by atoms with van der Waals surface area (Å²) in [6, 6.07) is 11.0. The van der Waals surface area contributed by atoms with E-state index in [4.69, 9.17) is 16.7 Å². The summed E-state index contributed by atoms with van der Waals surface area (Å²) in [6.07, 6.45) is 1.65. The predicted octanol–water partition coefficient (Wildman–Crippen LogP) is 3.51. The monoisotopic (exact) mass is 279 g/mol. The van der Waals surface area contributed by atoms with Gasteiger partial charge in [0.2, 0.25) is 0 Å². The van der Waals surface area contributed by atoms with Gasteiger partial charge in [-0.15, -0.1) is 0 Å². The highest BCUT2D eigenvalue weighted by molar-refractivity contribution is 7.99. The zero-order valence-electron chi connectivity index (χ0n) is 9.34. The van der Waals surface area contributed by atoms with Gasteiger partial charge in [0.25, 0.3) is 0 Å². The number of rotatable bonds is 4. The fourth-order valence-electron chi connectivity index (χ4n) is 1.39. The van der Waals surface area contributed by atoms with Crippen molar-refractivity contribution in [3.8, 4) is 0 Å². The van der Waals surface area contributed by atoms with E-state index in [2.05, 4.69) is 4.98 Å². The van der Waals surface area contributed by atoms with E-state index in [1.807, 2.05) is 30.3 Å². The van der Waals surface area contributed by atoms with Gasteiger partial charge in [-0.2, -0.15) is 0 Å². The fraction of sp³-hybridized carbons (Fsp3) is 0.0769. The Morgan fingerprint density at radius 3 is 2.50 bits per heavy atom. The standard InChI is InChI=1S/C13H10ClNO2S/c14-10-3-6-12(15-8-10)18-11-4-1-9(2-5-11)7-13(16)17/h1-6,8H,7H2,(H,16,17). The first-order valence-electron chi connectivity index (χ1n) is 5.23. The number of halogens is 1. The van der Waals surface area contributed by atoms with E-state index in [-0.39, 0.29) is 6.42 Å². The molecule has 0 saturated carbocycles. The summed E-state index contributed by atoms with van der Waals surface area (Å²) in [7, 11) is 0. The molecule has 0 bridgehead atoms. The third-order valence-corrected chi connectivity index (χ3v) is 3.38. The molecule has 0 spiro atoms. The Morgan fingerprint density at radius 2 is 1.94 bits per heavy atom. The summed E-state index contributed by atoms with van der Waals surface area (Å²) in [6.45, 7) is 0. The molecule has 0 aliphatic heterocycles. The van der Waals surface area contributed by atoms with E-state index in [0.29, 0.717) is 5.02 Å². The number of carbonyl (C=O) groups is 1. The lowest BCUT2D eigenvalue weighted by Crippen LogP contribution is -1.99. The second kappa shape index (κ2) is 5.89. The largest absolute Gasteiger partial charge is 0.481 e. The van der Waals surface area contributed by atoms with Crippen LogP contribution < -0.4 is 0 Å². The number of aromatic nitrogens is 1. The van der Waals surface area contributed by atoms with Crippen LogP contribution >= 0.6 is 23.4 Å². The smallest absolute Gasteiger partial charge is 0.307 e. The molecular formula is C13H10ClNO2S. The van der Waals surface area contributed by atoms with Gasteiger partial charge in [-0.3, -0.25) is 4.79 Å². The van der Waals surface area contributed by atoms with E-state index in [9.17, 15) is 4.79 Å². The molecule has 3 nitrogen and oxygen atoms in total. The maximum Gasteiger partial charge on any atom is 0.307 e. The second-order valence-corrected chi connectivity index (χ2v) is 5.16. The van der Waals surface area contributed by atoms with Crippen LogP contribution in [0.2, 0.25) is 5.02 Å². The summed E-state index contributed by atoms with van der Waals surface area (Å²) in [5.74, 6) is -0.824. The molecule has 1 N–H and O–H groups in total. The van der Waals surface area contributed by atoms with Crippen LogP contribution in [0.25, 0.3) is 0 Å². The van der Waals surface area contributed by atoms with Crippen molar-refractivity contribution in [3.63, 3.8) is 0 Å². The van der Waals surface area contributed by atoms with Gasteiger partial charge in [0.05, 0.1) is 11.4 Å². The molecule has 0 aliphatic rings. The predicted molar refractivity (Wildman–Crippen MR) is 71.2 cm³/mol. The number of benzene rings is 1. The van der Waals surface area contributed by atoms with Gasteiger partial charge in [-0.25, -0.2) is 4.98 Å². The minimum Gasteiger partial charge on any atom is -0.481 e. The maximum absolute atomic E-state index is 10.5. The molecule has 0 aliphatic carbocycles. The number of hydrogen-bond donors (Lipinski definition) is 1. The van der Waals surface area contributed by atoms with Crippen molar-refractivity contribution in [2.24, 2.45) is 0 Å². The lowest BCUT2D eigenvalue weighted by atomic mass is 10.2. The summed E-state index contributed by atoms with van der Waals surface area (Å²) >= 11 is 7.26. The third-order valence-electron chi connectivity index (χ3n) is 2.20. The van der Waals surface area contributed by atoms with E-state index < -0.39 is 5.97 Å². The Hall–Kier alpha value is -1.52. The quantitative estimate of drug-likeness (QED) is 0.930. The average Bonchev–Trinajstić information content (AvgIpc) is 2.34. The summed E-state index contributed by atoms with van der Waals surface area (Å²) in [4.78, 5) is 15.7. The SMILES string of the molecule is O=C(O)Cc1ccc(Sc2ccc(Cl)cn2)cc1. The lowest BCUT2D eigenvalue weighted by Gasteiger charge is -2.02. The molecule has 0 atom stereocenters. The first kappa shape index (κ1) is 12.9. The number of hydrogen-bond acceptors (Lipinski definition) is 3. The van der Waals surface area contributed by atoms with Crippen molar-refractivity contribution in [1.29, 1.82) is 0 Å². The molecule has 0 saturated heterocycles. The van der Waals surface area contributed by atoms with Crippen LogP contribution in [-0.2, 0) is 11.2 Å². The van der Waals surface area contributed by atoms with Gasteiger partial charge in [0.15, 0.2) is 0 Å². The summed E-state index contributed by atoms with van der Waals surface area (Å²) in [5, 5.41) is 10.1. The Kier molecular flexibility index (Phi) is 4.23. The number of nitrogens with zero attached hydrogens (tertiary/aromatic N) is 1. The van der Waals surface area contributed by atoms with Crippen molar-refractivity contribution in [2.75, 3.05) is 0 Å². The molecular weight excluding hydrogens is 270 g/mol. The van der Waals surface area contributed by atoms with Gasteiger partial charge in [-0.1, -0.05) is 35.5 Å². The van der Waals surface area contributed by atoms with Crippen LogP contribution in [0.3, 0.4) is 0 Å². The molecule has 5 heteroatoms. The van der Waals surface area contributed by atoms with Crippen molar-refractivity contribution < 1.29 is 9.90 Å². The van der Waals surface area contributed by atoms with Gasteiger partial charge in [-0.05, 0) is 29.8 Å². The van der Waals surface area contributed by atoms with E-state index in [1.54, 1.807) is 12.3 Å². The number of pyridine rings is 1. The minimum atomic E-state index is -0.824. The zero-order valence-corrected chi connectivity index (χ0v) is 10.9. The van der Waals surface area contributed by atoms with Crippen molar-refractivity contribution >= 4 is 29.3 Å². The second-order valence-electron chi connectivity index (χ2n) is 3.63. The van der Waals surface area contributed by atoms with Crippen LogP contribution in [-0.4, -0.2) is 16.1 Å². The van der Waals surface area contributed by atoms with E-state index in [1.165, 1.54) is 11.8 Å². The molecule has 0 radical (unpaired) electrons. The van der Waals surface area contributed by atoms with Crippen LogP contribution in [0.1, 0.15) is 5.56 Å². The van der Waals surface area contributed by atoms with Gasteiger partial charge < -0.3 is 5.11 Å². The third kappa shape index (κ3) is 3.75. The highest BCUT2D eigenvalue weighted by Gasteiger charge is 2.02. The minimum absolute atomic E-state index is 0.0458. The highest BCUT2D eigenvalue weighted by Crippen LogP contribution is 2.26. The lowest BCUT2D eigenvalue weighted by molar-refractivity contribution is -0.136. The molecule has 1 aromatic carbocycles. The van der Waals surface area contributed by atoms with Gasteiger partial charge in [0, 0.05) is 11.1 Å². The molecule has 1 heterocycles.